The van der Waals surface area contributed by atoms with Crippen LogP contribution in [-0.2, 0) is 0 Å². The summed E-state index contributed by atoms with van der Waals surface area (Å²) in [4.78, 5) is 0. The second-order valence-corrected chi connectivity index (χ2v) is 2.83. The molecule has 0 bridgehead atoms. The molecule has 64 valence electrons. The first-order chi connectivity index (χ1) is 5.66. The Morgan fingerprint density at radius 2 is 2.17 bits per heavy atom. The Morgan fingerprint density at radius 1 is 1.50 bits per heavy atom. The zero-order valence-electron chi connectivity index (χ0n) is 6.71. The van der Waals surface area contributed by atoms with Gasteiger partial charge >= 0.3 is 0 Å². The summed E-state index contributed by atoms with van der Waals surface area (Å²) in [6.07, 6.45) is 0. The second kappa shape index (κ2) is 3.45. The average molecular weight is 184 g/mol. The van der Waals surface area contributed by atoms with E-state index in [2.05, 4.69) is 5.10 Å². The number of hydrogen-bond acceptors (Lipinski definition) is 2. The van der Waals surface area contributed by atoms with Gasteiger partial charge in [-0.1, -0.05) is 23.7 Å². The van der Waals surface area contributed by atoms with Gasteiger partial charge in [-0.25, -0.2) is 0 Å². The fourth-order valence-corrected chi connectivity index (χ4v) is 1.14. The molecule has 12 heavy (non-hydrogen) atoms. The van der Waals surface area contributed by atoms with Crippen LogP contribution < -0.4 is 11.6 Å². The largest absolute Gasteiger partial charge is 0.382 e. The van der Waals surface area contributed by atoms with E-state index in [1.54, 1.807) is 6.07 Å². The molecule has 0 spiro atoms. The molecule has 1 aromatic rings. The van der Waals surface area contributed by atoms with Gasteiger partial charge in [0.2, 0.25) is 0 Å². The zero-order chi connectivity index (χ0) is 9.14. The van der Waals surface area contributed by atoms with E-state index < -0.39 is 0 Å². The Labute approximate surface area is 76.0 Å². The zero-order valence-corrected chi connectivity index (χ0v) is 7.47. The highest BCUT2D eigenvalue weighted by Gasteiger charge is 2.05. The molecular weight excluding hydrogens is 174 g/mol. The first-order valence-corrected chi connectivity index (χ1v) is 3.83. The van der Waals surface area contributed by atoms with Gasteiger partial charge in [0, 0.05) is 5.56 Å². The van der Waals surface area contributed by atoms with Gasteiger partial charge < -0.3 is 11.6 Å². The molecule has 0 fully saturated rings. The Bertz CT molecular complexity index is 320. The highest BCUT2D eigenvalue weighted by molar-refractivity contribution is 6.34. The van der Waals surface area contributed by atoms with Gasteiger partial charge in [0.1, 0.15) is 0 Å². The number of benzene rings is 1. The number of halogens is 1. The predicted octanol–water partition coefficient (Wildman–Crippen LogP) is 1.23. The number of nitrogens with zero attached hydrogens (tertiary/aromatic N) is 1. The van der Waals surface area contributed by atoms with Crippen LogP contribution in [-0.4, -0.2) is 5.84 Å². The number of hydrogen-bond donors (Lipinski definition) is 2. The average Bonchev–Trinajstić information content (AvgIpc) is 2.08. The molecule has 0 amide bonds. The minimum absolute atomic E-state index is 0.253. The van der Waals surface area contributed by atoms with Gasteiger partial charge in [-0.15, -0.1) is 0 Å². The van der Waals surface area contributed by atoms with Gasteiger partial charge in [0.25, 0.3) is 0 Å². The SMILES string of the molecule is Cc1cccc(/C(N)=N/N)c1Cl. The van der Waals surface area contributed by atoms with E-state index in [1.165, 1.54) is 0 Å². The van der Waals surface area contributed by atoms with E-state index >= 15 is 0 Å². The molecule has 0 unspecified atom stereocenters. The molecule has 1 rings (SSSR count). The van der Waals surface area contributed by atoms with Crippen molar-refractivity contribution in [3.05, 3.63) is 34.3 Å². The summed E-state index contributed by atoms with van der Waals surface area (Å²) < 4.78 is 0. The summed E-state index contributed by atoms with van der Waals surface area (Å²) in [6, 6.07) is 5.53. The van der Waals surface area contributed by atoms with E-state index in [4.69, 9.17) is 23.2 Å². The lowest BCUT2D eigenvalue weighted by atomic mass is 10.1. The van der Waals surface area contributed by atoms with E-state index in [0.29, 0.717) is 10.6 Å². The first kappa shape index (κ1) is 8.87. The van der Waals surface area contributed by atoms with Crippen molar-refractivity contribution in [2.45, 2.75) is 6.92 Å². The maximum Gasteiger partial charge on any atom is 0.151 e. The summed E-state index contributed by atoms with van der Waals surface area (Å²) in [7, 11) is 0. The van der Waals surface area contributed by atoms with Crippen LogP contribution in [0.15, 0.2) is 23.3 Å². The highest BCUT2D eigenvalue weighted by atomic mass is 35.5. The number of amidine groups is 1. The van der Waals surface area contributed by atoms with Crippen molar-refractivity contribution < 1.29 is 0 Å². The highest BCUT2D eigenvalue weighted by Crippen LogP contribution is 2.19. The van der Waals surface area contributed by atoms with Crippen LogP contribution in [0.25, 0.3) is 0 Å². The minimum Gasteiger partial charge on any atom is -0.382 e. The van der Waals surface area contributed by atoms with Crippen LogP contribution >= 0.6 is 11.6 Å². The predicted molar refractivity (Wildman–Crippen MR) is 51.1 cm³/mol. The quantitative estimate of drug-likeness (QED) is 0.298. The summed E-state index contributed by atoms with van der Waals surface area (Å²) in [5.41, 5.74) is 7.14. The van der Waals surface area contributed by atoms with Crippen LogP contribution in [0.4, 0.5) is 0 Å². The van der Waals surface area contributed by atoms with Crippen LogP contribution in [0.1, 0.15) is 11.1 Å². The Hall–Kier alpha value is -1.22. The third-order valence-electron chi connectivity index (χ3n) is 1.61. The molecule has 0 aliphatic heterocycles. The van der Waals surface area contributed by atoms with Gasteiger partial charge in [0.05, 0.1) is 5.02 Å². The van der Waals surface area contributed by atoms with E-state index in [-0.39, 0.29) is 5.84 Å². The van der Waals surface area contributed by atoms with Crippen LogP contribution in [0, 0.1) is 6.92 Å². The summed E-state index contributed by atoms with van der Waals surface area (Å²) in [6.45, 7) is 1.90. The molecule has 0 heterocycles. The molecular formula is C8H10ClN3. The lowest BCUT2D eigenvalue weighted by Gasteiger charge is -2.04. The van der Waals surface area contributed by atoms with Crippen molar-refractivity contribution in [2.75, 3.05) is 0 Å². The van der Waals surface area contributed by atoms with Gasteiger partial charge in [0.15, 0.2) is 5.84 Å². The van der Waals surface area contributed by atoms with Crippen molar-refractivity contribution in [3.8, 4) is 0 Å². The van der Waals surface area contributed by atoms with Crippen molar-refractivity contribution >= 4 is 17.4 Å². The topological polar surface area (TPSA) is 64.4 Å². The van der Waals surface area contributed by atoms with E-state index in [1.807, 2.05) is 19.1 Å². The maximum atomic E-state index is 5.95. The third kappa shape index (κ3) is 1.51. The van der Waals surface area contributed by atoms with Crippen LogP contribution in [0.2, 0.25) is 5.02 Å². The second-order valence-electron chi connectivity index (χ2n) is 2.45. The fourth-order valence-electron chi connectivity index (χ4n) is 0.915. The molecule has 0 saturated heterocycles. The van der Waals surface area contributed by atoms with Crippen molar-refractivity contribution in [1.82, 2.24) is 0 Å². The molecule has 3 nitrogen and oxygen atoms in total. The fraction of sp³-hybridized carbons (Fsp3) is 0.125. The number of nitrogens with two attached hydrogens (primary N) is 2. The van der Waals surface area contributed by atoms with E-state index in [9.17, 15) is 0 Å². The molecule has 4 heteroatoms. The monoisotopic (exact) mass is 183 g/mol. The van der Waals surface area contributed by atoms with Crippen molar-refractivity contribution in [1.29, 1.82) is 0 Å². The molecule has 0 aliphatic rings. The summed E-state index contributed by atoms with van der Waals surface area (Å²) in [5.74, 6) is 5.28. The molecule has 4 N–H and O–H groups in total. The molecule has 1 aromatic carbocycles. The van der Waals surface area contributed by atoms with Gasteiger partial charge in [-0.3, -0.25) is 0 Å². The smallest absolute Gasteiger partial charge is 0.151 e. The lowest BCUT2D eigenvalue weighted by molar-refractivity contribution is 1.23. The molecule has 0 aromatic heterocycles. The van der Waals surface area contributed by atoms with Gasteiger partial charge in [-0.05, 0) is 18.6 Å². The molecule has 0 radical (unpaired) electrons. The van der Waals surface area contributed by atoms with Crippen molar-refractivity contribution in [2.24, 2.45) is 16.7 Å². The third-order valence-corrected chi connectivity index (χ3v) is 2.11. The number of hydrazone groups is 1. The Kier molecular flexibility index (Phi) is 2.55. The normalized spacial score (nSPS) is 11.7. The van der Waals surface area contributed by atoms with Crippen LogP contribution in [0.3, 0.4) is 0 Å². The number of aryl methyl sites for hydroxylation is 1. The number of rotatable bonds is 1. The summed E-state index contributed by atoms with van der Waals surface area (Å²) in [5, 5.41) is 3.97. The molecule has 0 saturated carbocycles. The van der Waals surface area contributed by atoms with Gasteiger partial charge in [-0.2, -0.15) is 5.10 Å². The maximum absolute atomic E-state index is 5.95. The molecule has 0 aliphatic carbocycles. The first-order valence-electron chi connectivity index (χ1n) is 3.45. The summed E-state index contributed by atoms with van der Waals surface area (Å²) >= 11 is 5.95. The minimum atomic E-state index is 0.253. The lowest BCUT2D eigenvalue weighted by Crippen LogP contribution is -2.16. The van der Waals surface area contributed by atoms with E-state index in [0.717, 1.165) is 5.56 Å². The standard InChI is InChI=1S/C8H10ClN3/c1-5-3-2-4-6(7(5)9)8(10)12-11/h2-4H,11H2,1H3,(H2,10,12). The van der Waals surface area contributed by atoms with Crippen molar-refractivity contribution in [3.63, 3.8) is 0 Å². The Morgan fingerprint density at radius 3 is 2.75 bits per heavy atom. The van der Waals surface area contributed by atoms with Crippen LogP contribution in [0.5, 0.6) is 0 Å². The Balaban J connectivity index is 3.26. The molecule has 0 atom stereocenters.